The second-order valence-corrected chi connectivity index (χ2v) is 5.91. The lowest BCUT2D eigenvalue weighted by molar-refractivity contribution is 0.211. The highest BCUT2D eigenvalue weighted by Gasteiger charge is 2.15. The summed E-state index contributed by atoms with van der Waals surface area (Å²) in [5.74, 6) is 0.905. The lowest BCUT2D eigenvalue weighted by atomic mass is 9.94. The van der Waals surface area contributed by atoms with Gasteiger partial charge in [0.15, 0.2) is 0 Å². The Morgan fingerprint density at radius 1 is 1.30 bits per heavy atom. The number of likely N-dealkylation sites (tertiary alicyclic amines) is 1. The fourth-order valence-electron chi connectivity index (χ4n) is 3.00. The SMILES string of the molecule is CN1CCC(CCNCc2cnn3ccccc23)CC1. The van der Waals surface area contributed by atoms with Gasteiger partial charge >= 0.3 is 0 Å². The first-order chi connectivity index (χ1) is 9.83. The van der Waals surface area contributed by atoms with Gasteiger partial charge in [-0.05, 0) is 64.0 Å². The summed E-state index contributed by atoms with van der Waals surface area (Å²) < 4.78 is 1.94. The van der Waals surface area contributed by atoms with Crippen LogP contribution in [-0.2, 0) is 6.54 Å². The number of rotatable bonds is 5. The van der Waals surface area contributed by atoms with Gasteiger partial charge < -0.3 is 10.2 Å². The first-order valence-corrected chi connectivity index (χ1v) is 7.63. The summed E-state index contributed by atoms with van der Waals surface area (Å²) in [6, 6.07) is 6.21. The van der Waals surface area contributed by atoms with Crippen molar-refractivity contribution in [3.8, 4) is 0 Å². The summed E-state index contributed by atoms with van der Waals surface area (Å²) in [5, 5.41) is 7.94. The van der Waals surface area contributed by atoms with E-state index in [1.807, 2.05) is 23.0 Å². The van der Waals surface area contributed by atoms with Gasteiger partial charge in [-0.3, -0.25) is 0 Å². The minimum Gasteiger partial charge on any atom is -0.313 e. The first-order valence-electron chi connectivity index (χ1n) is 7.63. The van der Waals surface area contributed by atoms with E-state index in [0.717, 1.165) is 19.0 Å². The van der Waals surface area contributed by atoms with Crippen LogP contribution in [0.5, 0.6) is 0 Å². The average molecular weight is 272 g/mol. The van der Waals surface area contributed by atoms with Gasteiger partial charge in [-0.1, -0.05) is 6.07 Å². The van der Waals surface area contributed by atoms with E-state index in [1.54, 1.807) is 0 Å². The van der Waals surface area contributed by atoms with Crippen LogP contribution in [0.25, 0.3) is 5.52 Å². The third-order valence-electron chi connectivity index (χ3n) is 4.39. The van der Waals surface area contributed by atoms with E-state index in [2.05, 4.69) is 34.5 Å². The van der Waals surface area contributed by atoms with Gasteiger partial charge in [-0.25, -0.2) is 4.52 Å². The van der Waals surface area contributed by atoms with Crippen molar-refractivity contribution in [1.29, 1.82) is 0 Å². The highest BCUT2D eigenvalue weighted by molar-refractivity contribution is 5.53. The van der Waals surface area contributed by atoms with Crippen LogP contribution in [0, 0.1) is 5.92 Å². The molecule has 0 unspecified atom stereocenters. The van der Waals surface area contributed by atoms with Crippen molar-refractivity contribution in [2.45, 2.75) is 25.8 Å². The molecule has 0 aromatic carbocycles. The van der Waals surface area contributed by atoms with E-state index in [9.17, 15) is 0 Å². The molecule has 20 heavy (non-hydrogen) atoms. The van der Waals surface area contributed by atoms with Crippen molar-refractivity contribution in [2.24, 2.45) is 5.92 Å². The summed E-state index contributed by atoms with van der Waals surface area (Å²) in [5.41, 5.74) is 2.49. The zero-order chi connectivity index (χ0) is 13.8. The molecule has 0 bridgehead atoms. The molecular weight excluding hydrogens is 248 g/mol. The number of piperidine rings is 1. The molecular formula is C16H24N4. The molecule has 0 amide bonds. The van der Waals surface area contributed by atoms with Crippen LogP contribution in [0.3, 0.4) is 0 Å². The number of nitrogens with zero attached hydrogens (tertiary/aromatic N) is 3. The molecule has 3 heterocycles. The molecule has 4 nitrogen and oxygen atoms in total. The lowest BCUT2D eigenvalue weighted by Crippen LogP contribution is -2.31. The summed E-state index contributed by atoms with van der Waals surface area (Å²) in [7, 11) is 2.22. The largest absolute Gasteiger partial charge is 0.313 e. The molecule has 1 N–H and O–H groups in total. The Hall–Kier alpha value is -1.39. The van der Waals surface area contributed by atoms with Gasteiger partial charge in [-0.15, -0.1) is 0 Å². The highest BCUT2D eigenvalue weighted by atomic mass is 15.2. The molecule has 0 saturated carbocycles. The monoisotopic (exact) mass is 272 g/mol. The van der Waals surface area contributed by atoms with Crippen LogP contribution >= 0.6 is 0 Å². The molecule has 1 aliphatic rings. The predicted molar refractivity (Wildman–Crippen MR) is 81.7 cm³/mol. The number of hydrogen-bond acceptors (Lipinski definition) is 3. The molecule has 2 aromatic heterocycles. The molecule has 1 fully saturated rings. The van der Waals surface area contributed by atoms with Crippen molar-refractivity contribution in [3.63, 3.8) is 0 Å². The fourth-order valence-corrected chi connectivity index (χ4v) is 3.00. The van der Waals surface area contributed by atoms with Gasteiger partial charge in [0.25, 0.3) is 0 Å². The Bertz CT molecular complexity index is 540. The van der Waals surface area contributed by atoms with Gasteiger partial charge in [0.1, 0.15) is 0 Å². The predicted octanol–water partition coefficient (Wildman–Crippen LogP) is 2.16. The van der Waals surface area contributed by atoms with Crippen molar-refractivity contribution >= 4 is 5.52 Å². The maximum atomic E-state index is 4.37. The topological polar surface area (TPSA) is 32.6 Å². The quantitative estimate of drug-likeness (QED) is 0.847. The normalized spacial score (nSPS) is 17.9. The Labute approximate surface area is 120 Å². The lowest BCUT2D eigenvalue weighted by Gasteiger charge is -2.28. The van der Waals surface area contributed by atoms with Crippen LogP contribution < -0.4 is 5.32 Å². The Morgan fingerprint density at radius 2 is 2.15 bits per heavy atom. The fraction of sp³-hybridized carbons (Fsp3) is 0.562. The van der Waals surface area contributed by atoms with Crippen LogP contribution in [0.4, 0.5) is 0 Å². The third kappa shape index (κ3) is 3.19. The molecule has 108 valence electrons. The van der Waals surface area contributed by atoms with Crippen molar-refractivity contribution in [1.82, 2.24) is 19.8 Å². The first kappa shape index (κ1) is 13.6. The van der Waals surface area contributed by atoms with Crippen molar-refractivity contribution < 1.29 is 0 Å². The highest BCUT2D eigenvalue weighted by Crippen LogP contribution is 2.18. The van der Waals surface area contributed by atoms with E-state index >= 15 is 0 Å². The summed E-state index contributed by atoms with van der Waals surface area (Å²) in [6.07, 6.45) is 7.98. The van der Waals surface area contributed by atoms with Gasteiger partial charge in [0.05, 0.1) is 11.7 Å². The second kappa shape index (κ2) is 6.37. The number of hydrogen-bond donors (Lipinski definition) is 1. The standard InChI is InChI=1S/C16H24N4/c1-19-10-6-14(7-11-19)5-8-17-12-15-13-18-20-9-3-2-4-16(15)20/h2-4,9,13-14,17H,5-8,10-12H2,1H3. The summed E-state index contributed by atoms with van der Waals surface area (Å²) in [6.45, 7) is 4.55. The molecule has 2 aromatic rings. The van der Waals surface area contributed by atoms with E-state index in [0.29, 0.717) is 0 Å². The van der Waals surface area contributed by atoms with Gasteiger partial charge in [-0.2, -0.15) is 5.10 Å². The van der Waals surface area contributed by atoms with Crippen LogP contribution in [-0.4, -0.2) is 41.2 Å². The Balaban J connectivity index is 1.44. The molecule has 0 aliphatic carbocycles. The summed E-state index contributed by atoms with van der Waals surface area (Å²) >= 11 is 0. The molecule has 0 atom stereocenters. The third-order valence-corrected chi connectivity index (χ3v) is 4.39. The maximum absolute atomic E-state index is 4.37. The number of fused-ring (bicyclic) bond motifs is 1. The van der Waals surface area contributed by atoms with E-state index in [1.165, 1.54) is 43.4 Å². The van der Waals surface area contributed by atoms with Crippen LogP contribution in [0.1, 0.15) is 24.8 Å². The number of pyridine rings is 1. The maximum Gasteiger partial charge on any atom is 0.0706 e. The molecule has 3 rings (SSSR count). The van der Waals surface area contributed by atoms with E-state index in [-0.39, 0.29) is 0 Å². The molecule has 0 spiro atoms. The van der Waals surface area contributed by atoms with E-state index < -0.39 is 0 Å². The van der Waals surface area contributed by atoms with Gasteiger partial charge in [0, 0.05) is 18.3 Å². The summed E-state index contributed by atoms with van der Waals surface area (Å²) in [4.78, 5) is 2.43. The Kier molecular flexibility index (Phi) is 4.33. The van der Waals surface area contributed by atoms with Gasteiger partial charge in [0.2, 0.25) is 0 Å². The molecule has 0 radical (unpaired) electrons. The van der Waals surface area contributed by atoms with Crippen LogP contribution in [0.2, 0.25) is 0 Å². The van der Waals surface area contributed by atoms with Crippen molar-refractivity contribution in [2.75, 3.05) is 26.7 Å². The number of aromatic nitrogens is 2. The number of nitrogens with one attached hydrogen (secondary N) is 1. The minimum absolute atomic E-state index is 0.905. The molecule has 1 saturated heterocycles. The minimum atomic E-state index is 0.905. The average Bonchev–Trinajstić information content (AvgIpc) is 2.89. The molecule has 4 heteroatoms. The smallest absolute Gasteiger partial charge is 0.0706 e. The zero-order valence-corrected chi connectivity index (χ0v) is 12.3. The van der Waals surface area contributed by atoms with Crippen LogP contribution in [0.15, 0.2) is 30.6 Å². The second-order valence-electron chi connectivity index (χ2n) is 5.91. The van der Waals surface area contributed by atoms with E-state index in [4.69, 9.17) is 0 Å². The Morgan fingerprint density at radius 3 is 3.00 bits per heavy atom. The zero-order valence-electron chi connectivity index (χ0n) is 12.3. The molecule has 1 aliphatic heterocycles. The van der Waals surface area contributed by atoms with Crippen molar-refractivity contribution in [3.05, 3.63) is 36.2 Å².